The second-order valence-electron chi connectivity index (χ2n) is 9.16. The summed E-state index contributed by atoms with van der Waals surface area (Å²) < 4.78 is 2.17. The van der Waals surface area contributed by atoms with E-state index in [-0.39, 0.29) is 17.3 Å². The lowest BCUT2D eigenvalue weighted by molar-refractivity contribution is -0.140. The smallest absolute Gasteiger partial charge is 0.331 e. The monoisotopic (exact) mass is 496 g/mol. The van der Waals surface area contributed by atoms with E-state index in [1.807, 2.05) is 60.7 Å². The van der Waals surface area contributed by atoms with Crippen LogP contribution in [0.25, 0.3) is 21.8 Å². The third-order valence-electron chi connectivity index (χ3n) is 6.56. The van der Waals surface area contributed by atoms with Crippen molar-refractivity contribution in [2.45, 2.75) is 59.4 Å². The lowest BCUT2D eigenvalue weighted by atomic mass is 9.98. The Hall–Kier alpha value is -4.06. The largest absolute Gasteiger partial charge is 0.341 e. The Kier molecular flexibility index (Phi) is 8.29. The van der Waals surface area contributed by atoms with Crippen molar-refractivity contribution in [3.63, 3.8) is 0 Å². The molecule has 0 aliphatic carbocycles. The maximum Gasteiger partial charge on any atom is 0.331 e. The number of rotatable bonds is 11. The van der Waals surface area contributed by atoms with Gasteiger partial charge >= 0.3 is 5.97 Å². The predicted octanol–water partition coefficient (Wildman–Crippen LogP) is 7.12. The number of oxime groups is 1. The number of aryl methyl sites for hydroxylation is 1. The Morgan fingerprint density at radius 3 is 2.05 bits per heavy atom. The molecule has 0 aliphatic rings. The molecule has 3 aromatic carbocycles. The van der Waals surface area contributed by atoms with Crippen molar-refractivity contribution >= 4 is 45.1 Å². The molecule has 6 nitrogen and oxygen atoms in total. The molecule has 0 amide bonds. The van der Waals surface area contributed by atoms with E-state index in [0.717, 1.165) is 54.0 Å². The van der Waals surface area contributed by atoms with E-state index in [1.165, 1.54) is 6.92 Å². The van der Waals surface area contributed by atoms with Crippen LogP contribution in [0.15, 0.2) is 71.9 Å². The van der Waals surface area contributed by atoms with Crippen LogP contribution < -0.4 is 0 Å². The zero-order chi connectivity index (χ0) is 26.4. The molecular formula is C31H32N2O4. The summed E-state index contributed by atoms with van der Waals surface area (Å²) in [5.74, 6) is -0.862. The minimum Gasteiger partial charge on any atom is -0.341 e. The first-order valence-corrected chi connectivity index (χ1v) is 12.9. The fourth-order valence-electron chi connectivity index (χ4n) is 4.69. The van der Waals surface area contributed by atoms with Crippen molar-refractivity contribution < 1.29 is 19.2 Å². The van der Waals surface area contributed by atoms with Gasteiger partial charge < -0.3 is 9.40 Å². The van der Waals surface area contributed by atoms with E-state index in [0.29, 0.717) is 23.1 Å². The van der Waals surface area contributed by atoms with Gasteiger partial charge in [0.05, 0.1) is 0 Å². The van der Waals surface area contributed by atoms with Crippen molar-refractivity contribution in [1.29, 1.82) is 0 Å². The second kappa shape index (κ2) is 11.8. The summed E-state index contributed by atoms with van der Waals surface area (Å²) in [6, 6.07) is 20.5. The number of carbonyl (C=O) groups is 3. The lowest BCUT2D eigenvalue weighted by Gasteiger charge is -2.07. The number of benzene rings is 3. The van der Waals surface area contributed by atoms with Crippen molar-refractivity contribution in [1.82, 2.24) is 4.57 Å². The van der Waals surface area contributed by atoms with Crippen LogP contribution in [-0.2, 0) is 16.2 Å². The van der Waals surface area contributed by atoms with Crippen molar-refractivity contribution in [2.24, 2.45) is 5.16 Å². The Labute approximate surface area is 216 Å². The zero-order valence-corrected chi connectivity index (χ0v) is 21.6. The summed E-state index contributed by atoms with van der Waals surface area (Å²) in [5.41, 5.74) is 3.93. The number of nitrogens with zero attached hydrogens (tertiary/aromatic N) is 2. The minimum absolute atomic E-state index is 0.0463. The Morgan fingerprint density at radius 2 is 1.43 bits per heavy atom. The van der Waals surface area contributed by atoms with E-state index < -0.39 is 5.97 Å². The Morgan fingerprint density at radius 1 is 0.784 bits per heavy atom. The molecule has 0 N–H and O–H groups in total. The molecular weight excluding hydrogens is 464 g/mol. The van der Waals surface area contributed by atoms with Crippen LogP contribution in [0.1, 0.15) is 79.2 Å². The highest BCUT2D eigenvalue weighted by atomic mass is 16.7. The fourth-order valence-corrected chi connectivity index (χ4v) is 4.69. The topological polar surface area (TPSA) is 77.7 Å². The first-order valence-electron chi connectivity index (χ1n) is 12.9. The molecule has 0 unspecified atom stereocenters. The first-order chi connectivity index (χ1) is 17.9. The van der Waals surface area contributed by atoms with Crippen molar-refractivity contribution in [3.8, 4) is 0 Å². The van der Waals surface area contributed by atoms with Gasteiger partial charge in [-0.15, -0.1) is 0 Å². The Balaban J connectivity index is 1.76. The minimum atomic E-state index is -0.559. The highest BCUT2D eigenvalue weighted by molar-refractivity contribution is 6.46. The van der Waals surface area contributed by atoms with Gasteiger partial charge in [-0.2, -0.15) is 0 Å². The van der Waals surface area contributed by atoms with Gasteiger partial charge in [-0.1, -0.05) is 61.7 Å². The summed E-state index contributed by atoms with van der Waals surface area (Å²) in [5, 5.41) is 5.70. The molecule has 0 atom stereocenters. The predicted molar refractivity (Wildman–Crippen MR) is 147 cm³/mol. The number of aromatic nitrogens is 1. The van der Waals surface area contributed by atoms with Gasteiger partial charge in [-0.3, -0.25) is 9.59 Å². The molecule has 0 saturated carbocycles. The van der Waals surface area contributed by atoms with Crippen LogP contribution in [0.2, 0.25) is 0 Å². The van der Waals surface area contributed by atoms with E-state index in [2.05, 4.69) is 23.6 Å². The first kappa shape index (κ1) is 26.0. The molecule has 37 heavy (non-hydrogen) atoms. The van der Waals surface area contributed by atoms with E-state index in [4.69, 9.17) is 4.84 Å². The Bertz CT molecular complexity index is 1480. The average molecular weight is 497 g/mol. The molecule has 4 aromatic rings. The van der Waals surface area contributed by atoms with Gasteiger partial charge in [0.25, 0.3) is 0 Å². The number of carbonyl (C=O) groups excluding carboxylic acids is 3. The summed E-state index contributed by atoms with van der Waals surface area (Å²) in [6.07, 6.45) is 4.36. The molecule has 1 aromatic heterocycles. The molecule has 0 bridgehead atoms. The molecule has 190 valence electrons. The molecule has 6 heteroatoms. The highest BCUT2D eigenvalue weighted by Gasteiger charge is 2.19. The third-order valence-corrected chi connectivity index (χ3v) is 6.56. The van der Waals surface area contributed by atoms with E-state index >= 15 is 0 Å². The van der Waals surface area contributed by atoms with Gasteiger partial charge in [-0.25, -0.2) is 4.79 Å². The average Bonchev–Trinajstić information content (AvgIpc) is 3.24. The van der Waals surface area contributed by atoms with E-state index in [1.54, 1.807) is 6.07 Å². The second-order valence-corrected chi connectivity index (χ2v) is 9.16. The SMILES string of the molecule is CCCCCC/C(=N\OC(C)=O)C(=O)c1ccc2c(c1)c1cc(C(=O)c3ccccc3)ccc1n2CC. The van der Waals surface area contributed by atoms with Crippen LogP contribution in [0.5, 0.6) is 0 Å². The molecule has 0 spiro atoms. The van der Waals surface area contributed by atoms with Gasteiger partial charge in [0.2, 0.25) is 5.78 Å². The van der Waals surface area contributed by atoms with Crippen molar-refractivity contribution in [2.75, 3.05) is 0 Å². The van der Waals surface area contributed by atoms with Crippen LogP contribution >= 0.6 is 0 Å². The van der Waals surface area contributed by atoms with Crippen LogP contribution in [0, 0.1) is 0 Å². The summed E-state index contributed by atoms with van der Waals surface area (Å²) >= 11 is 0. The van der Waals surface area contributed by atoms with Crippen LogP contribution in [0.4, 0.5) is 0 Å². The number of fused-ring (bicyclic) bond motifs is 3. The summed E-state index contributed by atoms with van der Waals surface area (Å²) in [7, 11) is 0. The van der Waals surface area contributed by atoms with Gasteiger partial charge in [0.1, 0.15) is 5.71 Å². The quantitative estimate of drug-likeness (QED) is 0.0728. The summed E-state index contributed by atoms with van der Waals surface area (Å²) in [6.45, 7) is 6.21. The highest BCUT2D eigenvalue weighted by Crippen LogP contribution is 2.31. The molecule has 0 aliphatic heterocycles. The third kappa shape index (κ3) is 5.69. The normalized spacial score (nSPS) is 11.7. The van der Waals surface area contributed by atoms with Gasteiger partial charge in [0.15, 0.2) is 5.78 Å². The molecule has 0 fully saturated rings. The molecule has 0 radical (unpaired) electrons. The fraction of sp³-hybridized carbons (Fsp3) is 0.290. The zero-order valence-electron chi connectivity index (χ0n) is 21.6. The number of ketones is 2. The van der Waals surface area contributed by atoms with Crippen molar-refractivity contribution in [3.05, 3.63) is 83.4 Å². The maximum absolute atomic E-state index is 13.5. The number of Topliss-reactive ketones (excluding diaryl/α,β-unsaturated/α-hetero) is 1. The number of hydrogen-bond donors (Lipinski definition) is 0. The van der Waals surface area contributed by atoms with Gasteiger partial charge in [-0.05, 0) is 56.2 Å². The summed E-state index contributed by atoms with van der Waals surface area (Å²) in [4.78, 5) is 42.8. The lowest BCUT2D eigenvalue weighted by Crippen LogP contribution is -2.16. The molecule has 0 saturated heterocycles. The van der Waals surface area contributed by atoms with Crippen LogP contribution in [-0.4, -0.2) is 27.8 Å². The number of hydrogen-bond acceptors (Lipinski definition) is 5. The maximum atomic E-state index is 13.5. The van der Waals surface area contributed by atoms with Gasteiger partial charge in [0, 0.05) is 52.0 Å². The molecule has 1 heterocycles. The van der Waals surface area contributed by atoms with E-state index in [9.17, 15) is 14.4 Å². The molecule has 4 rings (SSSR count). The van der Waals surface area contributed by atoms with Crippen LogP contribution in [0.3, 0.4) is 0 Å². The standard InChI is InChI=1S/C31H32N2O4/c1-4-6-7-11-14-27(32-37-21(3)34)31(36)24-16-18-29-26(20-24)25-19-23(15-17-28(25)33(29)5-2)30(35)22-12-9-8-10-13-22/h8-10,12-13,15-20H,4-7,11,14H2,1-3H3/b32-27+. The number of unbranched alkanes of at least 4 members (excludes halogenated alkanes) is 3.